The Bertz CT molecular complexity index is 656. The number of imidazole rings is 1. The van der Waals surface area contributed by atoms with Crippen molar-refractivity contribution >= 4 is 23.0 Å². The smallest absolute Gasteiger partial charge is 0.304 e. The molecule has 1 saturated heterocycles. The van der Waals surface area contributed by atoms with Crippen molar-refractivity contribution in [1.82, 2.24) is 19.5 Å². The number of anilines is 1. The van der Waals surface area contributed by atoms with E-state index in [1.54, 1.807) is 10.9 Å². The lowest BCUT2D eigenvalue weighted by Crippen LogP contribution is -2.17. The van der Waals surface area contributed by atoms with Gasteiger partial charge in [-0.1, -0.05) is 6.92 Å². The monoisotopic (exact) mass is 277 g/mol. The van der Waals surface area contributed by atoms with Crippen LogP contribution in [-0.2, 0) is 14.3 Å². The van der Waals surface area contributed by atoms with Crippen LogP contribution >= 0.6 is 0 Å². The van der Waals surface area contributed by atoms with Gasteiger partial charge in [0.15, 0.2) is 11.5 Å². The van der Waals surface area contributed by atoms with Crippen LogP contribution in [0.15, 0.2) is 12.7 Å². The lowest BCUT2D eigenvalue weighted by molar-refractivity contribution is -0.178. The second kappa shape index (κ2) is 4.71. The standard InChI is InChI=1S/C12H15N5O3/c1-6-3-8(19-7(2)18)20-12(6)17-5-16-9-10(13)14-4-15-11(9)17/h4-6,8,12H,3H2,1-2H3,(H2,13,14,15)/t6-,8?,12+/m0/s1. The fourth-order valence-corrected chi connectivity index (χ4v) is 2.42. The number of carbonyl (C=O) groups is 1. The minimum atomic E-state index is -0.538. The van der Waals surface area contributed by atoms with Gasteiger partial charge in [-0.05, 0) is 0 Å². The maximum Gasteiger partial charge on any atom is 0.304 e. The topological polar surface area (TPSA) is 105 Å². The summed E-state index contributed by atoms with van der Waals surface area (Å²) in [5, 5.41) is 0. The summed E-state index contributed by atoms with van der Waals surface area (Å²) in [7, 11) is 0. The molecule has 0 aliphatic carbocycles. The summed E-state index contributed by atoms with van der Waals surface area (Å²) in [6, 6.07) is 0. The zero-order chi connectivity index (χ0) is 14.3. The number of rotatable bonds is 2. The third-order valence-corrected chi connectivity index (χ3v) is 3.30. The van der Waals surface area contributed by atoms with Crippen molar-refractivity contribution in [2.75, 3.05) is 5.73 Å². The highest BCUT2D eigenvalue weighted by Gasteiger charge is 2.36. The number of nitrogens with two attached hydrogens (primary N) is 1. The molecule has 3 rings (SSSR count). The average molecular weight is 277 g/mol. The van der Waals surface area contributed by atoms with Crippen LogP contribution in [0, 0.1) is 5.92 Å². The Kier molecular flexibility index (Phi) is 3.01. The van der Waals surface area contributed by atoms with Crippen molar-refractivity contribution in [2.45, 2.75) is 32.8 Å². The van der Waals surface area contributed by atoms with Gasteiger partial charge in [-0.15, -0.1) is 0 Å². The van der Waals surface area contributed by atoms with Gasteiger partial charge in [0.1, 0.15) is 18.1 Å². The minimum absolute atomic E-state index is 0.160. The van der Waals surface area contributed by atoms with Crippen LogP contribution in [0.2, 0.25) is 0 Å². The molecule has 1 aliphatic rings. The molecule has 2 aromatic rings. The Morgan fingerprint density at radius 3 is 3.05 bits per heavy atom. The van der Waals surface area contributed by atoms with E-state index in [2.05, 4.69) is 15.0 Å². The first-order valence-electron chi connectivity index (χ1n) is 6.32. The number of hydrogen-bond acceptors (Lipinski definition) is 7. The largest absolute Gasteiger partial charge is 0.436 e. The normalized spacial score (nSPS) is 26.0. The van der Waals surface area contributed by atoms with Crippen molar-refractivity contribution in [3.63, 3.8) is 0 Å². The van der Waals surface area contributed by atoms with Crippen LogP contribution in [0.1, 0.15) is 26.5 Å². The van der Waals surface area contributed by atoms with E-state index in [0.29, 0.717) is 23.4 Å². The third kappa shape index (κ3) is 2.07. The predicted molar refractivity (Wildman–Crippen MR) is 69.2 cm³/mol. The molecular formula is C12H15N5O3. The summed E-state index contributed by atoms with van der Waals surface area (Å²) >= 11 is 0. The quantitative estimate of drug-likeness (QED) is 0.811. The fourth-order valence-electron chi connectivity index (χ4n) is 2.42. The predicted octanol–water partition coefficient (Wildman–Crippen LogP) is 0.853. The van der Waals surface area contributed by atoms with Crippen molar-refractivity contribution in [3.05, 3.63) is 12.7 Å². The summed E-state index contributed by atoms with van der Waals surface area (Å²) in [6.07, 6.45) is 2.80. The van der Waals surface area contributed by atoms with E-state index in [1.165, 1.54) is 13.3 Å². The lowest BCUT2D eigenvalue weighted by Gasteiger charge is -2.17. The van der Waals surface area contributed by atoms with E-state index in [-0.39, 0.29) is 18.1 Å². The number of carbonyl (C=O) groups excluding carboxylic acids is 1. The van der Waals surface area contributed by atoms with Gasteiger partial charge < -0.3 is 15.2 Å². The van der Waals surface area contributed by atoms with E-state index >= 15 is 0 Å². The molecule has 20 heavy (non-hydrogen) atoms. The van der Waals surface area contributed by atoms with Crippen LogP contribution in [0.25, 0.3) is 11.2 Å². The highest BCUT2D eigenvalue weighted by atomic mass is 16.7. The molecule has 2 N–H and O–H groups in total. The van der Waals surface area contributed by atoms with Gasteiger partial charge in [-0.25, -0.2) is 15.0 Å². The summed E-state index contributed by atoms with van der Waals surface area (Å²) in [5.74, 6) is 0.133. The summed E-state index contributed by atoms with van der Waals surface area (Å²) < 4.78 is 12.6. The van der Waals surface area contributed by atoms with Crippen molar-refractivity contribution in [2.24, 2.45) is 5.92 Å². The second-order valence-corrected chi connectivity index (χ2v) is 4.86. The Balaban J connectivity index is 1.92. The van der Waals surface area contributed by atoms with Crippen molar-refractivity contribution in [1.29, 1.82) is 0 Å². The highest BCUT2D eigenvalue weighted by molar-refractivity contribution is 5.81. The Morgan fingerprint density at radius 1 is 1.50 bits per heavy atom. The van der Waals surface area contributed by atoms with E-state index in [9.17, 15) is 4.79 Å². The molecule has 106 valence electrons. The number of esters is 1. The molecule has 0 aromatic carbocycles. The molecule has 3 atom stereocenters. The van der Waals surface area contributed by atoms with Gasteiger partial charge in [0.25, 0.3) is 0 Å². The third-order valence-electron chi connectivity index (χ3n) is 3.30. The molecule has 0 saturated carbocycles. The lowest BCUT2D eigenvalue weighted by atomic mass is 10.1. The Morgan fingerprint density at radius 2 is 2.30 bits per heavy atom. The molecule has 2 aromatic heterocycles. The highest BCUT2D eigenvalue weighted by Crippen LogP contribution is 2.36. The van der Waals surface area contributed by atoms with Gasteiger partial charge in [0.05, 0.1) is 6.33 Å². The van der Waals surface area contributed by atoms with E-state index < -0.39 is 6.29 Å². The Labute approximate surface area is 114 Å². The van der Waals surface area contributed by atoms with Crippen LogP contribution in [0.5, 0.6) is 0 Å². The first kappa shape index (κ1) is 12.8. The van der Waals surface area contributed by atoms with Gasteiger partial charge in [-0.2, -0.15) is 0 Å². The number of hydrogen-bond donors (Lipinski definition) is 1. The number of nitrogen functional groups attached to an aromatic ring is 1. The van der Waals surface area contributed by atoms with Gasteiger partial charge in [0, 0.05) is 19.3 Å². The van der Waals surface area contributed by atoms with E-state index in [4.69, 9.17) is 15.2 Å². The molecule has 8 heteroatoms. The fraction of sp³-hybridized carbons (Fsp3) is 0.500. The van der Waals surface area contributed by atoms with Crippen molar-refractivity contribution < 1.29 is 14.3 Å². The molecule has 0 radical (unpaired) electrons. The number of nitrogens with zero attached hydrogens (tertiary/aromatic N) is 4. The molecular weight excluding hydrogens is 262 g/mol. The Hall–Kier alpha value is -2.22. The summed E-state index contributed by atoms with van der Waals surface area (Å²) in [5.41, 5.74) is 6.91. The molecule has 0 spiro atoms. The van der Waals surface area contributed by atoms with Crippen LogP contribution in [0.3, 0.4) is 0 Å². The van der Waals surface area contributed by atoms with Crippen LogP contribution in [-0.4, -0.2) is 31.8 Å². The van der Waals surface area contributed by atoms with Crippen LogP contribution < -0.4 is 5.73 Å². The SMILES string of the molecule is CC(=O)OC1C[C@H](C)[C@H](n2cnc3c(N)ncnc32)O1. The number of ether oxygens (including phenoxy) is 2. The van der Waals surface area contributed by atoms with Crippen LogP contribution in [0.4, 0.5) is 5.82 Å². The van der Waals surface area contributed by atoms with E-state index in [1.807, 2.05) is 6.92 Å². The van der Waals surface area contributed by atoms with E-state index in [0.717, 1.165) is 0 Å². The summed E-state index contributed by atoms with van der Waals surface area (Å²) in [6.45, 7) is 3.38. The molecule has 0 amide bonds. The number of fused-ring (bicyclic) bond motifs is 1. The zero-order valence-electron chi connectivity index (χ0n) is 11.2. The first-order chi connectivity index (χ1) is 9.56. The van der Waals surface area contributed by atoms with Gasteiger partial charge in [0.2, 0.25) is 6.29 Å². The molecule has 0 bridgehead atoms. The number of aromatic nitrogens is 4. The first-order valence-corrected chi connectivity index (χ1v) is 6.32. The van der Waals surface area contributed by atoms with Gasteiger partial charge >= 0.3 is 5.97 Å². The molecule has 3 heterocycles. The molecule has 1 unspecified atom stereocenters. The second-order valence-electron chi connectivity index (χ2n) is 4.86. The van der Waals surface area contributed by atoms with Crippen molar-refractivity contribution in [3.8, 4) is 0 Å². The average Bonchev–Trinajstić information content (AvgIpc) is 2.93. The molecule has 1 aliphatic heterocycles. The summed E-state index contributed by atoms with van der Waals surface area (Å²) in [4.78, 5) is 23.3. The van der Waals surface area contributed by atoms with Gasteiger partial charge in [-0.3, -0.25) is 9.36 Å². The maximum atomic E-state index is 11.0. The zero-order valence-corrected chi connectivity index (χ0v) is 11.2. The molecule has 1 fully saturated rings. The maximum absolute atomic E-state index is 11.0. The minimum Gasteiger partial charge on any atom is -0.436 e. The molecule has 8 nitrogen and oxygen atoms in total.